The molecule has 4 heterocycles. The van der Waals surface area contributed by atoms with Crippen molar-refractivity contribution in [2.45, 2.75) is 0 Å². The SMILES string of the molecule is c1ccc(-c2ccc(-n3c4ccccc4c4cc5c6ccccc6n(-c6nc(-c7ccccc7)nc(-c7ccc8c(c7)oc7ccccc78)n6)c5cc43)cc2)cc1. The van der Waals surface area contributed by atoms with E-state index >= 15 is 0 Å². The maximum absolute atomic E-state index is 6.31. The Kier molecular flexibility index (Phi) is 6.83. The van der Waals surface area contributed by atoms with Gasteiger partial charge < -0.3 is 8.98 Å². The van der Waals surface area contributed by atoms with Gasteiger partial charge in [0, 0.05) is 49.1 Å². The Hall–Kier alpha value is -7.83. The van der Waals surface area contributed by atoms with Gasteiger partial charge in [0.2, 0.25) is 5.95 Å². The summed E-state index contributed by atoms with van der Waals surface area (Å²) in [5.74, 6) is 1.71. The van der Waals surface area contributed by atoms with E-state index in [-0.39, 0.29) is 0 Å². The molecule has 12 aromatic rings. The van der Waals surface area contributed by atoms with Crippen LogP contribution >= 0.6 is 0 Å². The quantitative estimate of drug-likeness (QED) is 0.177. The van der Waals surface area contributed by atoms with Gasteiger partial charge in [-0.25, -0.2) is 4.98 Å². The zero-order valence-corrected chi connectivity index (χ0v) is 30.5. The van der Waals surface area contributed by atoms with E-state index < -0.39 is 0 Å². The molecule has 0 atom stereocenters. The van der Waals surface area contributed by atoms with Crippen LogP contribution < -0.4 is 0 Å². The number of hydrogen-bond donors (Lipinski definition) is 0. The Morgan fingerprint density at radius 2 is 0.842 bits per heavy atom. The van der Waals surface area contributed by atoms with Crippen molar-refractivity contribution in [1.82, 2.24) is 24.1 Å². The fraction of sp³-hybridized carbons (Fsp3) is 0. The highest BCUT2D eigenvalue weighted by Crippen LogP contribution is 2.40. The van der Waals surface area contributed by atoms with Crippen molar-refractivity contribution < 1.29 is 4.42 Å². The molecule has 0 fully saturated rings. The molecule has 0 aliphatic carbocycles. The lowest BCUT2D eigenvalue weighted by molar-refractivity contribution is 0.669. The molecule has 0 bridgehead atoms. The molecule has 12 rings (SSSR count). The minimum Gasteiger partial charge on any atom is -0.456 e. The highest BCUT2D eigenvalue weighted by atomic mass is 16.3. The van der Waals surface area contributed by atoms with Crippen molar-refractivity contribution in [1.29, 1.82) is 0 Å². The Balaban J connectivity index is 1.12. The topological polar surface area (TPSA) is 61.7 Å². The first-order chi connectivity index (χ1) is 28.2. The van der Waals surface area contributed by atoms with Gasteiger partial charge >= 0.3 is 0 Å². The smallest absolute Gasteiger partial charge is 0.238 e. The summed E-state index contributed by atoms with van der Waals surface area (Å²) in [6, 6.07) is 65.7. The fourth-order valence-corrected chi connectivity index (χ4v) is 8.53. The first-order valence-corrected chi connectivity index (χ1v) is 19.1. The van der Waals surface area contributed by atoms with Gasteiger partial charge in [0.1, 0.15) is 11.2 Å². The van der Waals surface area contributed by atoms with Crippen molar-refractivity contribution in [2.75, 3.05) is 0 Å². The van der Waals surface area contributed by atoms with Crippen LogP contribution in [0.3, 0.4) is 0 Å². The Labute approximate surface area is 326 Å². The normalized spacial score (nSPS) is 11.9. The van der Waals surface area contributed by atoms with Crippen LogP contribution in [0.15, 0.2) is 192 Å². The third kappa shape index (κ3) is 4.94. The van der Waals surface area contributed by atoms with E-state index in [2.05, 4.69) is 143 Å². The van der Waals surface area contributed by atoms with Gasteiger partial charge in [-0.15, -0.1) is 0 Å². The average molecular weight is 730 g/mol. The molecule has 6 heteroatoms. The maximum Gasteiger partial charge on any atom is 0.238 e. The zero-order valence-electron chi connectivity index (χ0n) is 30.5. The van der Waals surface area contributed by atoms with Crippen molar-refractivity contribution in [3.8, 4) is 45.5 Å². The van der Waals surface area contributed by atoms with Crippen LogP contribution in [0.5, 0.6) is 0 Å². The standard InChI is InChI=1S/C51H31N5O/c1-3-13-32(14-4-1)33-23-26-36(27-24-33)55-43-20-10-7-17-37(43)41-30-42-38-18-8-11-21-44(38)56(46(42)31-45(41)55)51-53-49(34-15-5-2-6-16-34)52-50(54-51)35-25-28-40-39-19-9-12-22-47(39)57-48(40)29-35/h1-31H. The summed E-state index contributed by atoms with van der Waals surface area (Å²) < 4.78 is 10.9. The number of para-hydroxylation sites is 3. The minimum atomic E-state index is 0.545. The van der Waals surface area contributed by atoms with Crippen molar-refractivity contribution in [3.05, 3.63) is 188 Å². The summed E-state index contributed by atoms with van der Waals surface area (Å²) >= 11 is 0. The Bertz CT molecular complexity index is 3510. The van der Waals surface area contributed by atoms with Gasteiger partial charge in [0.15, 0.2) is 11.6 Å². The molecule has 0 spiro atoms. The highest BCUT2D eigenvalue weighted by molar-refractivity contribution is 6.19. The van der Waals surface area contributed by atoms with Gasteiger partial charge in [-0.05, 0) is 65.7 Å². The molecule has 57 heavy (non-hydrogen) atoms. The lowest BCUT2D eigenvalue weighted by Gasteiger charge is -2.12. The van der Waals surface area contributed by atoms with E-state index in [1.807, 2.05) is 54.6 Å². The van der Waals surface area contributed by atoms with Crippen molar-refractivity contribution >= 4 is 65.6 Å². The Morgan fingerprint density at radius 3 is 1.56 bits per heavy atom. The molecule has 0 saturated heterocycles. The predicted molar refractivity (Wildman–Crippen MR) is 232 cm³/mol. The first-order valence-electron chi connectivity index (χ1n) is 19.1. The molecule has 0 saturated carbocycles. The number of fused-ring (bicyclic) bond motifs is 9. The van der Waals surface area contributed by atoms with E-state index in [4.69, 9.17) is 19.4 Å². The molecule has 266 valence electrons. The number of rotatable bonds is 5. The van der Waals surface area contributed by atoms with Crippen LogP contribution in [0.4, 0.5) is 0 Å². The monoisotopic (exact) mass is 729 g/mol. The molecule has 6 nitrogen and oxygen atoms in total. The summed E-state index contributed by atoms with van der Waals surface area (Å²) in [4.78, 5) is 15.6. The molecule has 0 N–H and O–H groups in total. The highest BCUT2D eigenvalue weighted by Gasteiger charge is 2.21. The second-order valence-corrected chi connectivity index (χ2v) is 14.5. The second-order valence-electron chi connectivity index (χ2n) is 14.5. The van der Waals surface area contributed by atoms with E-state index in [0.717, 1.165) is 71.6 Å². The zero-order chi connectivity index (χ0) is 37.5. The third-order valence-corrected chi connectivity index (χ3v) is 11.2. The third-order valence-electron chi connectivity index (χ3n) is 11.2. The van der Waals surface area contributed by atoms with Gasteiger partial charge in [-0.2, -0.15) is 9.97 Å². The fourth-order valence-electron chi connectivity index (χ4n) is 8.53. The van der Waals surface area contributed by atoms with Gasteiger partial charge in [0.25, 0.3) is 0 Å². The molecule has 0 aliphatic heterocycles. The van der Waals surface area contributed by atoms with Gasteiger partial charge in [-0.1, -0.05) is 133 Å². The van der Waals surface area contributed by atoms with E-state index in [1.165, 1.54) is 21.9 Å². The lowest BCUT2D eigenvalue weighted by Crippen LogP contribution is -2.06. The number of aromatic nitrogens is 5. The summed E-state index contributed by atoms with van der Waals surface area (Å²) in [7, 11) is 0. The molecule has 4 aromatic heterocycles. The Morgan fingerprint density at radius 1 is 0.316 bits per heavy atom. The van der Waals surface area contributed by atoms with Gasteiger partial charge in [-0.3, -0.25) is 4.57 Å². The van der Waals surface area contributed by atoms with Crippen LogP contribution in [0.25, 0.3) is 111 Å². The maximum atomic E-state index is 6.31. The van der Waals surface area contributed by atoms with Crippen LogP contribution in [0.1, 0.15) is 0 Å². The van der Waals surface area contributed by atoms with Crippen LogP contribution in [0.2, 0.25) is 0 Å². The lowest BCUT2D eigenvalue weighted by atomic mass is 10.1. The van der Waals surface area contributed by atoms with E-state index in [1.54, 1.807) is 0 Å². The summed E-state index contributed by atoms with van der Waals surface area (Å²) in [6.45, 7) is 0. The number of nitrogens with zero attached hydrogens (tertiary/aromatic N) is 5. The molecule has 8 aromatic carbocycles. The summed E-state index contributed by atoms with van der Waals surface area (Å²) in [6.07, 6.45) is 0. The summed E-state index contributed by atoms with van der Waals surface area (Å²) in [5.41, 5.74) is 11.2. The average Bonchev–Trinajstić information content (AvgIpc) is 3.93. The number of benzene rings is 8. The van der Waals surface area contributed by atoms with Crippen molar-refractivity contribution in [2.24, 2.45) is 0 Å². The molecule has 0 radical (unpaired) electrons. The molecule has 0 amide bonds. The first kappa shape index (κ1) is 31.5. The van der Waals surface area contributed by atoms with Crippen molar-refractivity contribution in [3.63, 3.8) is 0 Å². The van der Waals surface area contributed by atoms with E-state index in [0.29, 0.717) is 17.6 Å². The second kappa shape index (κ2) is 12.3. The van der Waals surface area contributed by atoms with Crippen LogP contribution in [0, 0.1) is 0 Å². The molecule has 0 unspecified atom stereocenters. The largest absolute Gasteiger partial charge is 0.456 e. The van der Waals surface area contributed by atoms with Crippen LogP contribution in [-0.4, -0.2) is 24.1 Å². The van der Waals surface area contributed by atoms with Gasteiger partial charge in [0.05, 0.1) is 22.1 Å². The molecule has 0 aliphatic rings. The molecular formula is C51H31N5O. The molecular weight excluding hydrogens is 699 g/mol. The number of furan rings is 1. The van der Waals surface area contributed by atoms with E-state index in [9.17, 15) is 0 Å². The number of hydrogen-bond acceptors (Lipinski definition) is 4. The minimum absolute atomic E-state index is 0.545. The van der Waals surface area contributed by atoms with Crippen LogP contribution in [-0.2, 0) is 0 Å². The predicted octanol–water partition coefficient (Wildman–Crippen LogP) is 13.0. The summed E-state index contributed by atoms with van der Waals surface area (Å²) in [5, 5.41) is 6.80.